The van der Waals surface area contributed by atoms with Crippen LogP contribution < -0.4 is 0 Å². The van der Waals surface area contributed by atoms with Gasteiger partial charge in [-0.15, -0.1) is 0 Å². The average molecular weight is 326 g/mol. The molecule has 0 amide bonds. The molecule has 2 aromatic rings. The predicted molar refractivity (Wildman–Crippen MR) is 92.5 cm³/mol. The van der Waals surface area contributed by atoms with Crippen LogP contribution in [-0.4, -0.2) is 23.5 Å². The van der Waals surface area contributed by atoms with Crippen LogP contribution in [-0.2, 0) is 11.2 Å². The topological polar surface area (TPSA) is 63.6 Å². The van der Waals surface area contributed by atoms with Gasteiger partial charge in [0.1, 0.15) is 11.3 Å². The van der Waals surface area contributed by atoms with E-state index in [2.05, 4.69) is 0 Å². The van der Waals surface area contributed by atoms with E-state index in [1.165, 1.54) is 6.07 Å². The van der Waals surface area contributed by atoms with Crippen LogP contribution in [0.2, 0.25) is 0 Å². The molecule has 0 bridgehead atoms. The van der Waals surface area contributed by atoms with Gasteiger partial charge in [0.25, 0.3) is 0 Å². The number of phenolic OH excluding ortho intramolecular Hbond substituents is 1. The van der Waals surface area contributed by atoms with Crippen molar-refractivity contribution in [1.82, 2.24) is 0 Å². The van der Waals surface area contributed by atoms with Crippen molar-refractivity contribution in [1.29, 1.82) is 0 Å². The second-order valence-electron chi connectivity index (χ2n) is 5.71. The van der Waals surface area contributed by atoms with Gasteiger partial charge in [-0.1, -0.05) is 43.7 Å². The van der Waals surface area contributed by atoms with E-state index < -0.39 is 5.97 Å². The van der Waals surface area contributed by atoms with E-state index in [4.69, 9.17) is 4.74 Å². The Morgan fingerprint density at radius 3 is 2.46 bits per heavy atom. The number of Topliss-reactive ketones (excluding diaryl/α,β-unsaturated/α-hetero) is 1. The Hall–Kier alpha value is -2.62. The normalized spacial score (nSPS) is 10.4. The highest BCUT2D eigenvalue weighted by Crippen LogP contribution is 2.26. The number of ketones is 1. The third-order valence-electron chi connectivity index (χ3n) is 3.89. The van der Waals surface area contributed by atoms with Crippen molar-refractivity contribution < 1.29 is 19.4 Å². The number of carbonyl (C=O) groups excluding carboxylic acids is 2. The van der Waals surface area contributed by atoms with E-state index in [-0.39, 0.29) is 23.5 Å². The van der Waals surface area contributed by atoms with Gasteiger partial charge >= 0.3 is 5.97 Å². The van der Waals surface area contributed by atoms with E-state index in [0.717, 1.165) is 18.4 Å². The fourth-order valence-corrected chi connectivity index (χ4v) is 2.51. The van der Waals surface area contributed by atoms with Gasteiger partial charge < -0.3 is 9.84 Å². The molecule has 0 aliphatic carbocycles. The first kappa shape index (κ1) is 17.7. The lowest BCUT2D eigenvalue weighted by atomic mass is 9.95. The summed E-state index contributed by atoms with van der Waals surface area (Å²) in [6.07, 6.45) is 1.92. The fraction of sp³-hybridized carbons (Fsp3) is 0.300. The summed E-state index contributed by atoms with van der Waals surface area (Å²) in [7, 11) is 0. The molecule has 0 aliphatic heterocycles. The number of rotatable bonds is 7. The summed E-state index contributed by atoms with van der Waals surface area (Å²) in [4.78, 5) is 24.7. The number of benzene rings is 2. The molecule has 0 aromatic heterocycles. The van der Waals surface area contributed by atoms with E-state index in [0.29, 0.717) is 17.7 Å². The second kappa shape index (κ2) is 8.29. The van der Waals surface area contributed by atoms with Gasteiger partial charge in [-0.25, -0.2) is 4.79 Å². The molecule has 4 heteroatoms. The zero-order valence-corrected chi connectivity index (χ0v) is 14.0. The van der Waals surface area contributed by atoms with Crippen LogP contribution in [0.1, 0.15) is 51.6 Å². The quantitative estimate of drug-likeness (QED) is 0.473. The first-order valence-corrected chi connectivity index (χ1v) is 8.11. The molecular weight excluding hydrogens is 304 g/mol. The number of hydrogen-bond acceptors (Lipinski definition) is 4. The molecule has 0 unspecified atom stereocenters. The van der Waals surface area contributed by atoms with Crippen molar-refractivity contribution >= 4 is 11.8 Å². The zero-order chi connectivity index (χ0) is 17.5. The molecule has 0 radical (unpaired) electrons. The maximum atomic E-state index is 12.5. The van der Waals surface area contributed by atoms with Gasteiger partial charge in [-0.05, 0) is 36.6 Å². The number of carbonyl (C=O) groups is 2. The largest absolute Gasteiger partial charge is 0.507 e. The van der Waals surface area contributed by atoms with Crippen LogP contribution >= 0.6 is 0 Å². The molecule has 1 N–H and O–H groups in total. The van der Waals surface area contributed by atoms with Crippen LogP contribution in [0.3, 0.4) is 0 Å². The second-order valence-corrected chi connectivity index (χ2v) is 5.71. The van der Waals surface area contributed by atoms with Crippen LogP contribution in [0.25, 0.3) is 0 Å². The first-order valence-electron chi connectivity index (χ1n) is 8.11. The Morgan fingerprint density at radius 2 is 1.79 bits per heavy atom. The zero-order valence-electron chi connectivity index (χ0n) is 14.0. The summed E-state index contributed by atoms with van der Waals surface area (Å²) in [5, 5.41) is 10.0. The molecule has 0 spiro atoms. The summed E-state index contributed by atoms with van der Waals surface area (Å²) in [6, 6.07) is 12.3. The van der Waals surface area contributed by atoms with Crippen molar-refractivity contribution in [3.8, 4) is 5.75 Å². The Kier molecular flexibility index (Phi) is 6.13. The number of hydrogen-bond donors (Lipinski definition) is 1. The molecule has 0 aliphatic rings. The van der Waals surface area contributed by atoms with E-state index in [1.54, 1.807) is 13.0 Å². The Labute approximate surface area is 142 Å². The van der Waals surface area contributed by atoms with Gasteiger partial charge in [0, 0.05) is 12.0 Å². The van der Waals surface area contributed by atoms with Gasteiger partial charge in [0.15, 0.2) is 5.78 Å². The number of unbranched alkanes of at least 4 members (excludes halogenated alkanes) is 1. The van der Waals surface area contributed by atoms with E-state index >= 15 is 0 Å². The molecule has 0 saturated heterocycles. The number of phenols is 1. The number of aromatic hydroxyl groups is 1. The lowest BCUT2D eigenvalue weighted by molar-refractivity contribution is 0.0495. The molecule has 4 nitrogen and oxygen atoms in total. The lowest BCUT2D eigenvalue weighted by Gasteiger charge is -2.12. The average Bonchev–Trinajstić information content (AvgIpc) is 2.56. The molecule has 126 valence electrons. The third-order valence-corrected chi connectivity index (χ3v) is 3.89. The highest BCUT2D eigenvalue weighted by atomic mass is 16.5. The van der Waals surface area contributed by atoms with Crippen molar-refractivity contribution in [3.63, 3.8) is 0 Å². The lowest BCUT2D eigenvalue weighted by Crippen LogP contribution is -2.13. The molecule has 2 aromatic carbocycles. The van der Waals surface area contributed by atoms with Crippen LogP contribution in [0.15, 0.2) is 42.5 Å². The van der Waals surface area contributed by atoms with Crippen molar-refractivity contribution in [2.24, 2.45) is 0 Å². The third kappa shape index (κ3) is 4.22. The highest BCUT2D eigenvalue weighted by Gasteiger charge is 2.21. The summed E-state index contributed by atoms with van der Waals surface area (Å²) < 4.78 is 5.17. The smallest absolute Gasteiger partial charge is 0.342 e. The maximum Gasteiger partial charge on any atom is 0.342 e. The van der Waals surface area contributed by atoms with Gasteiger partial charge in [-0.2, -0.15) is 0 Å². The number of ether oxygens (including phenoxy) is 1. The minimum absolute atomic E-state index is 0.0741. The molecule has 0 saturated carbocycles. The predicted octanol–water partition coefficient (Wildman–Crippen LogP) is 4.08. The first-order chi connectivity index (χ1) is 11.5. The summed E-state index contributed by atoms with van der Waals surface area (Å²) in [5.74, 6) is -0.848. The molecule has 0 heterocycles. The van der Waals surface area contributed by atoms with Gasteiger partial charge in [-0.3, -0.25) is 4.79 Å². The van der Waals surface area contributed by atoms with Crippen LogP contribution in [0.4, 0.5) is 0 Å². The Morgan fingerprint density at radius 1 is 1.08 bits per heavy atom. The molecular formula is C20H22O4. The fourth-order valence-electron chi connectivity index (χ4n) is 2.51. The van der Waals surface area contributed by atoms with E-state index in [1.807, 2.05) is 37.3 Å². The minimum Gasteiger partial charge on any atom is -0.507 e. The Bertz CT molecular complexity index is 720. The molecule has 0 atom stereocenters. The minimum atomic E-state index is -0.590. The maximum absolute atomic E-state index is 12.5. The van der Waals surface area contributed by atoms with Crippen molar-refractivity contribution in [2.45, 2.75) is 33.1 Å². The molecule has 2 rings (SSSR count). The van der Waals surface area contributed by atoms with Crippen molar-refractivity contribution in [3.05, 3.63) is 64.7 Å². The van der Waals surface area contributed by atoms with Gasteiger partial charge in [0.2, 0.25) is 0 Å². The summed E-state index contributed by atoms with van der Waals surface area (Å²) in [5.41, 5.74) is 1.86. The van der Waals surface area contributed by atoms with Crippen molar-refractivity contribution in [2.75, 3.05) is 6.61 Å². The highest BCUT2D eigenvalue weighted by molar-refractivity contribution is 6.03. The Balaban J connectivity index is 2.24. The van der Waals surface area contributed by atoms with Crippen LogP contribution in [0.5, 0.6) is 5.75 Å². The summed E-state index contributed by atoms with van der Waals surface area (Å²) in [6.45, 7) is 3.96. The monoisotopic (exact) mass is 326 g/mol. The standard InChI is InChI=1S/C20H22O4/c1-3-4-12-24-20(23)19-14(2)16(10-11-17(19)21)18(22)13-15-8-6-5-7-9-15/h5-11,21H,3-4,12-13H2,1-2H3. The SMILES string of the molecule is CCCCOC(=O)c1c(O)ccc(C(=O)Cc2ccccc2)c1C. The van der Waals surface area contributed by atoms with Gasteiger partial charge in [0.05, 0.1) is 6.61 Å². The number of esters is 1. The molecule has 0 fully saturated rings. The van der Waals surface area contributed by atoms with E-state index in [9.17, 15) is 14.7 Å². The molecule has 24 heavy (non-hydrogen) atoms. The van der Waals surface area contributed by atoms with Crippen LogP contribution in [0, 0.1) is 6.92 Å². The summed E-state index contributed by atoms with van der Waals surface area (Å²) >= 11 is 0.